The van der Waals surface area contributed by atoms with Crippen molar-refractivity contribution in [3.05, 3.63) is 75.8 Å². The molecule has 7 heteroatoms. The number of nitrogens with zero attached hydrogens (tertiary/aromatic N) is 2. The highest BCUT2D eigenvalue weighted by atomic mass is 32.1. The lowest BCUT2D eigenvalue weighted by Gasteiger charge is -2.09. The normalized spacial score (nSPS) is 10.8. The number of para-hydroxylation sites is 1. The van der Waals surface area contributed by atoms with E-state index in [0.717, 1.165) is 16.9 Å². The fraction of sp³-hybridized carbons (Fsp3) is 0.190. The second-order valence-electron chi connectivity index (χ2n) is 6.11. The van der Waals surface area contributed by atoms with E-state index >= 15 is 0 Å². The van der Waals surface area contributed by atoms with E-state index in [1.54, 1.807) is 13.1 Å². The number of rotatable bonds is 7. The Morgan fingerprint density at radius 3 is 2.68 bits per heavy atom. The Morgan fingerprint density at radius 2 is 1.93 bits per heavy atom. The number of carbonyl (C=O) groups excluding carboxylic acids is 1. The highest BCUT2D eigenvalue weighted by molar-refractivity contribution is 7.17. The first kappa shape index (κ1) is 19.6. The molecule has 2 aromatic carbocycles. The van der Waals surface area contributed by atoms with Gasteiger partial charge in [-0.25, -0.2) is 9.78 Å². The number of hydrogen-bond donors (Lipinski definition) is 1. The molecule has 6 nitrogen and oxygen atoms in total. The van der Waals surface area contributed by atoms with Gasteiger partial charge in [0.15, 0.2) is 0 Å². The van der Waals surface area contributed by atoms with Crippen LogP contribution in [0.15, 0.2) is 53.6 Å². The van der Waals surface area contributed by atoms with Crippen molar-refractivity contribution in [2.75, 3.05) is 12.5 Å². The number of thiazole rings is 1. The number of nitrogens with one attached hydrogen (secondary N) is 1. The molecule has 3 rings (SSSR count). The molecule has 0 aliphatic carbocycles. The first-order valence-electron chi connectivity index (χ1n) is 8.69. The van der Waals surface area contributed by atoms with Gasteiger partial charge in [-0.3, -0.25) is 5.43 Å². The summed E-state index contributed by atoms with van der Waals surface area (Å²) in [4.78, 5) is 16.4. The number of carbonyl (C=O) groups is 1. The number of benzene rings is 2. The van der Waals surface area contributed by atoms with Crippen LogP contribution in [-0.2, 0) is 11.3 Å². The van der Waals surface area contributed by atoms with Crippen molar-refractivity contribution >= 4 is 28.7 Å². The maximum absolute atomic E-state index is 11.7. The summed E-state index contributed by atoms with van der Waals surface area (Å²) in [5.74, 6) is 0.334. The van der Waals surface area contributed by atoms with Gasteiger partial charge in [0.05, 0.1) is 19.0 Å². The maximum atomic E-state index is 11.7. The molecule has 144 valence electrons. The van der Waals surface area contributed by atoms with Crippen molar-refractivity contribution in [3.63, 3.8) is 0 Å². The van der Waals surface area contributed by atoms with Gasteiger partial charge in [-0.15, -0.1) is 0 Å². The fourth-order valence-corrected chi connectivity index (χ4v) is 3.28. The highest BCUT2D eigenvalue weighted by Crippen LogP contribution is 2.23. The summed E-state index contributed by atoms with van der Waals surface area (Å²) >= 11 is 1.20. The van der Waals surface area contributed by atoms with Gasteiger partial charge >= 0.3 is 5.97 Å². The summed E-state index contributed by atoms with van der Waals surface area (Å²) in [5.41, 5.74) is 6.62. The highest BCUT2D eigenvalue weighted by Gasteiger charge is 2.15. The Balaban J connectivity index is 1.66. The summed E-state index contributed by atoms with van der Waals surface area (Å²) in [6.07, 6.45) is 1.67. The molecule has 0 atom stereocenters. The largest absolute Gasteiger partial charge is 0.488 e. The molecule has 0 aliphatic heterocycles. The Bertz CT molecular complexity index is 981. The lowest BCUT2D eigenvalue weighted by Crippen LogP contribution is -1.99. The lowest BCUT2D eigenvalue weighted by molar-refractivity contribution is 0.0605. The third-order valence-electron chi connectivity index (χ3n) is 3.97. The molecule has 0 bridgehead atoms. The molecular weight excluding hydrogens is 374 g/mol. The summed E-state index contributed by atoms with van der Waals surface area (Å²) < 4.78 is 10.7. The topological polar surface area (TPSA) is 72.8 Å². The maximum Gasteiger partial charge on any atom is 0.350 e. The van der Waals surface area contributed by atoms with Gasteiger partial charge in [0.25, 0.3) is 0 Å². The van der Waals surface area contributed by atoms with Crippen molar-refractivity contribution in [2.45, 2.75) is 20.5 Å². The minimum Gasteiger partial charge on any atom is -0.488 e. The van der Waals surface area contributed by atoms with E-state index in [1.807, 2.05) is 24.3 Å². The van der Waals surface area contributed by atoms with Gasteiger partial charge < -0.3 is 9.47 Å². The van der Waals surface area contributed by atoms with Gasteiger partial charge in [-0.2, -0.15) is 5.10 Å². The zero-order chi connectivity index (χ0) is 19.9. The van der Waals surface area contributed by atoms with Gasteiger partial charge in [-0.1, -0.05) is 53.3 Å². The van der Waals surface area contributed by atoms with Gasteiger partial charge in [0, 0.05) is 5.56 Å². The van der Waals surface area contributed by atoms with Crippen LogP contribution in [0.1, 0.15) is 32.1 Å². The van der Waals surface area contributed by atoms with Crippen molar-refractivity contribution in [3.8, 4) is 5.75 Å². The Labute approximate surface area is 167 Å². The van der Waals surface area contributed by atoms with Crippen LogP contribution in [0.3, 0.4) is 0 Å². The molecule has 3 aromatic rings. The molecule has 0 saturated heterocycles. The van der Waals surface area contributed by atoms with Crippen LogP contribution in [0.5, 0.6) is 5.75 Å². The van der Waals surface area contributed by atoms with E-state index in [4.69, 9.17) is 9.47 Å². The molecule has 1 N–H and O–H groups in total. The zero-order valence-electron chi connectivity index (χ0n) is 15.9. The van der Waals surface area contributed by atoms with Crippen molar-refractivity contribution in [2.24, 2.45) is 5.10 Å². The van der Waals surface area contributed by atoms with Crippen LogP contribution in [0.4, 0.5) is 5.13 Å². The average molecular weight is 395 g/mol. The zero-order valence-corrected chi connectivity index (χ0v) is 16.7. The lowest BCUT2D eigenvalue weighted by atomic mass is 10.1. The fourth-order valence-electron chi connectivity index (χ4n) is 2.45. The summed E-state index contributed by atoms with van der Waals surface area (Å²) in [5, 5.41) is 4.74. The third-order valence-corrected chi connectivity index (χ3v) is 5.01. The van der Waals surface area contributed by atoms with E-state index in [1.165, 1.54) is 24.0 Å². The Morgan fingerprint density at radius 1 is 1.18 bits per heavy atom. The minimum absolute atomic E-state index is 0.401. The molecule has 0 unspecified atom stereocenters. The monoisotopic (exact) mass is 395 g/mol. The number of aryl methyl sites for hydroxylation is 2. The van der Waals surface area contributed by atoms with Gasteiger partial charge in [0.2, 0.25) is 5.13 Å². The SMILES string of the molecule is COC(=O)c1sc(N/N=C\c2ccccc2OCc2ccc(C)cc2)nc1C. The number of esters is 1. The first-order valence-corrected chi connectivity index (χ1v) is 9.50. The van der Waals surface area contributed by atoms with E-state index in [-0.39, 0.29) is 0 Å². The molecule has 28 heavy (non-hydrogen) atoms. The molecule has 0 saturated carbocycles. The summed E-state index contributed by atoms with van der Waals surface area (Å²) in [6, 6.07) is 15.9. The second kappa shape index (κ2) is 9.14. The predicted molar refractivity (Wildman–Crippen MR) is 111 cm³/mol. The van der Waals surface area contributed by atoms with Crippen molar-refractivity contribution in [1.29, 1.82) is 0 Å². The van der Waals surface area contributed by atoms with Crippen LogP contribution in [0.25, 0.3) is 0 Å². The number of hydrazone groups is 1. The van der Waals surface area contributed by atoms with Crippen molar-refractivity contribution in [1.82, 2.24) is 4.98 Å². The number of hydrogen-bond acceptors (Lipinski definition) is 7. The molecular formula is C21H21N3O3S. The molecule has 0 radical (unpaired) electrons. The Kier molecular flexibility index (Phi) is 6.39. The second-order valence-corrected chi connectivity index (χ2v) is 7.11. The third kappa shape index (κ3) is 4.95. The smallest absolute Gasteiger partial charge is 0.350 e. The van der Waals surface area contributed by atoms with E-state index < -0.39 is 5.97 Å². The van der Waals surface area contributed by atoms with Crippen LogP contribution in [-0.4, -0.2) is 24.3 Å². The van der Waals surface area contributed by atoms with E-state index in [9.17, 15) is 4.79 Å². The number of aromatic nitrogens is 1. The standard InChI is InChI=1S/C21H21N3O3S/c1-14-8-10-16(11-9-14)13-27-18-7-5-4-6-17(18)12-22-24-21-23-15(2)19(28-21)20(25)26-3/h4-12H,13H2,1-3H3,(H,23,24)/b22-12-. The van der Waals surface area contributed by atoms with Crippen molar-refractivity contribution < 1.29 is 14.3 Å². The number of anilines is 1. The van der Waals surface area contributed by atoms with Gasteiger partial charge in [0.1, 0.15) is 17.2 Å². The van der Waals surface area contributed by atoms with Gasteiger partial charge in [-0.05, 0) is 31.5 Å². The minimum atomic E-state index is -0.401. The number of ether oxygens (including phenoxy) is 2. The van der Waals surface area contributed by atoms with Crippen LogP contribution in [0, 0.1) is 13.8 Å². The molecule has 0 aliphatic rings. The predicted octanol–water partition coefficient (Wildman–Crippen LogP) is 4.57. The van der Waals surface area contributed by atoms with Crippen LogP contribution >= 0.6 is 11.3 Å². The van der Waals surface area contributed by atoms with Crippen LogP contribution in [0.2, 0.25) is 0 Å². The Hall–Kier alpha value is -3.19. The summed E-state index contributed by atoms with van der Waals surface area (Å²) in [7, 11) is 1.35. The van der Waals surface area contributed by atoms with E-state index in [0.29, 0.717) is 22.3 Å². The first-order chi connectivity index (χ1) is 13.6. The number of methoxy groups -OCH3 is 1. The van der Waals surface area contributed by atoms with Crippen LogP contribution < -0.4 is 10.2 Å². The summed E-state index contributed by atoms with van der Waals surface area (Å²) in [6.45, 7) is 4.29. The molecule has 0 spiro atoms. The molecule has 0 fully saturated rings. The molecule has 0 amide bonds. The van der Waals surface area contributed by atoms with E-state index in [2.05, 4.69) is 46.7 Å². The average Bonchev–Trinajstić information content (AvgIpc) is 3.08. The quantitative estimate of drug-likeness (QED) is 0.360. The molecule has 1 heterocycles. The molecule has 1 aromatic heterocycles.